The maximum absolute atomic E-state index is 13.5. The number of carbonyl (C=O) groups excluding carboxylic acids is 3. The zero-order chi connectivity index (χ0) is 27.7. The minimum atomic E-state index is 0.0116. The smallest absolute Gasteiger partial charge is 0.251 e. The van der Waals surface area contributed by atoms with Crippen LogP contribution in [0, 0.1) is 13.8 Å². The van der Waals surface area contributed by atoms with E-state index in [4.69, 9.17) is 9.59 Å². The monoisotopic (exact) mass is 514 g/mol. The first kappa shape index (κ1) is 28.7. The molecule has 1 amide bonds. The van der Waals surface area contributed by atoms with Gasteiger partial charge in [-0.15, -0.1) is 0 Å². The number of aromatic amines is 1. The zero-order valence-electron chi connectivity index (χ0n) is 22.7. The molecule has 200 valence electrons. The molecule has 1 aliphatic heterocycles. The first-order chi connectivity index (χ1) is 18.5. The number of piperidine rings is 1. The van der Waals surface area contributed by atoms with E-state index in [0.717, 1.165) is 82.1 Å². The first-order valence-electron chi connectivity index (χ1n) is 13.2. The standard InChI is InChI=1S/C29H34N4O.2CH2O/c1-4-5-7-20-8-6-9-21(15-20)24-16-23(29(34)32-22-10-12-30-13-11-22)19(3)27-26(24)25-14-18(2)17-31-28(25)33-27;2*1-2/h6,8-9,14-17,22,30H,4-5,7,10-13H2,1-3H3,(H,31,33)(H,32,34);2*1H2. The number of aromatic nitrogens is 2. The molecule has 7 heteroatoms. The summed E-state index contributed by atoms with van der Waals surface area (Å²) in [5.74, 6) is 0.0116. The summed E-state index contributed by atoms with van der Waals surface area (Å²) in [6.07, 6.45) is 7.24. The van der Waals surface area contributed by atoms with Crippen molar-refractivity contribution in [3.63, 3.8) is 0 Å². The van der Waals surface area contributed by atoms with Crippen LogP contribution in [-0.2, 0) is 16.0 Å². The second kappa shape index (κ2) is 13.6. The predicted octanol–water partition coefficient (Wildman–Crippen LogP) is 5.45. The summed E-state index contributed by atoms with van der Waals surface area (Å²) in [4.78, 5) is 37.7. The van der Waals surface area contributed by atoms with E-state index >= 15 is 0 Å². The summed E-state index contributed by atoms with van der Waals surface area (Å²) in [7, 11) is 0. The van der Waals surface area contributed by atoms with E-state index in [1.54, 1.807) is 0 Å². The number of unbranched alkanes of at least 4 members (excludes halogenated alkanes) is 1. The SMILES string of the molecule is C=O.C=O.CCCCc1cccc(-c2cc(C(=O)NC3CCNCC3)c(C)c3[nH]c4ncc(C)cc4c23)c1. The summed E-state index contributed by atoms with van der Waals surface area (Å²) < 4.78 is 0. The highest BCUT2D eigenvalue weighted by Crippen LogP contribution is 2.38. The predicted molar refractivity (Wildman–Crippen MR) is 155 cm³/mol. The van der Waals surface area contributed by atoms with Crippen molar-refractivity contribution < 1.29 is 14.4 Å². The Morgan fingerprint density at radius 3 is 2.53 bits per heavy atom. The zero-order valence-corrected chi connectivity index (χ0v) is 22.7. The fourth-order valence-electron chi connectivity index (χ4n) is 5.16. The topological polar surface area (TPSA) is 104 Å². The number of hydrogen-bond acceptors (Lipinski definition) is 5. The molecule has 2 aromatic heterocycles. The van der Waals surface area contributed by atoms with Crippen LogP contribution in [0.25, 0.3) is 33.1 Å². The number of nitrogens with zero attached hydrogens (tertiary/aromatic N) is 1. The molecule has 0 spiro atoms. The minimum absolute atomic E-state index is 0.0116. The highest BCUT2D eigenvalue weighted by Gasteiger charge is 2.22. The van der Waals surface area contributed by atoms with E-state index in [1.165, 1.54) is 18.4 Å². The second-order valence-electron chi connectivity index (χ2n) is 9.68. The Hall–Kier alpha value is -3.84. The fourth-order valence-corrected chi connectivity index (χ4v) is 5.16. The van der Waals surface area contributed by atoms with Gasteiger partial charge in [0.15, 0.2) is 0 Å². The van der Waals surface area contributed by atoms with Crippen molar-refractivity contribution >= 4 is 41.4 Å². The molecule has 3 N–H and O–H groups in total. The van der Waals surface area contributed by atoms with Gasteiger partial charge in [-0.1, -0.05) is 37.6 Å². The Morgan fingerprint density at radius 1 is 1.08 bits per heavy atom. The van der Waals surface area contributed by atoms with Crippen molar-refractivity contribution in [3.8, 4) is 11.1 Å². The quantitative estimate of drug-likeness (QED) is 0.317. The lowest BCUT2D eigenvalue weighted by Gasteiger charge is -2.24. The maximum atomic E-state index is 13.5. The highest BCUT2D eigenvalue weighted by molar-refractivity contribution is 6.17. The van der Waals surface area contributed by atoms with Crippen LogP contribution in [0.15, 0.2) is 42.6 Å². The molecule has 1 saturated heterocycles. The lowest BCUT2D eigenvalue weighted by atomic mass is 9.92. The third-order valence-electron chi connectivity index (χ3n) is 7.10. The van der Waals surface area contributed by atoms with Gasteiger partial charge < -0.3 is 25.2 Å². The summed E-state index contributed by atoms with van der Waals surface area (Å²) >= 11 is 0. The van der Waals surface area contributed by atoms with E-state index in [2.05, 4.69) is 70.8 Å². The number of aryl methyl sites for hydroxylation is 3. The number of benzene rings is 2. The molecule has 0 aliphatic carbocycles. The number of nitrogens with one attached hydrogen (secondary N) is 3. The molecule has 1 aliphatic rings. The van der Waals surface area contributed by atoms with Crippen LogP contribution in [0.3, 0.4) is 0 Å². The van der Waals surface area contributed by atoms with Crippen LogP contribution in [-0.4, -0.2) is 48.6 Å². The van der Waals surface area contributed by atoms with Crippen molar-refractivity contribution in [3.05, 3.63) is 64.8 Å². The molecule has 2 aromatic carbocycles. The lowest BCUT2D eigenvalue weighted by molar-refractivity contribution is -0.0987. The number of pyridine rings is 1. The molecule has 7 nitrogen and oxygen atoms in total. The Bertz CT molecular complexity index is 1390. The van der Waals surface area contributed by atoms with Gasteiger partial charge in [0.05, 0.1) is 5.52 Å². The largest absolute Gasteiger partial charge is 0.349 e. The van der Waals surface area contributed by atoms with Gasteiger partial charge >= 0.3 is 0 Å². The van der Waals surface area contributed by atoms with Crippen LogP contribution >= 0.6 is 0 Å². The third kappa shape index (κ3) is 6.17. The summed E-state index contributed by atoms with van der Waals surface area (Å²) in [6, 6.07) is 13.3. The second-order valence-corrected chi connectivity index (χ2v) is 9.68. The Kier molecular flexibility index (Phi) is 10.3. The lowest BCUT2D eigenvalue weighted by Crippen LogP contribution is -2.42. The van der Waals surface area contributed by atoms with Crippen molar-refractivity contribution in [2.75, 3.05) is 13.1 Å². The number of H-pyrrole nitrogens is 1. The van der Waals surface area contributed by atoms with Crippen molar-refractivity contribution in [2.24, 2.45) is 0 Å². The van der Waals surface area contributed by atoms with E-state index in [9.17, 15) is 4.79 Å². The molecular formula is C31H38N4O3. The Balaban J connectivity index is 0.000000956. The Labute approximate surface area is 224 Å². The molecule has 1 fully saturated rings. The van der Waals surface area contributed by atoms with E-state index in [0.29, 0.717) is 0 Å². The molecule has 0 atom stereocenters. The van der Waals surface area contributed by atoms with Gasteiger partial charge in [-0.3, -0.25) is 4.79 Å². The van der Waals surface area contributed by atoms with Crippen LogP contribution in [0.2, 0.25) is 0 Å². The normalized spacial score (nSPS) is 13.3. The van der Waals surface area contributed by atoms with E-state index in [1.807, 2.05) is 26.7 Å². The first-order valence-corrected chi connectivity index (χ1v) is 13.2. The highest BCUT2D eigenvalue weighted by atomic mass is 16.1. The Morgan fingerprint density at radius 2 is 1.82 bits per heavy atom. The van der Waals surface area contributed by atoms with Crippen molar-refractivity contribution in [1.82, 2.24) is 20.6 Å². The molecule has 3 heterocycles. The number of carbonyl (C=O) groups is 3. The number of rotatable bonds is 6. The van der Waals surface area contributed by atoms with Crippen LogP contribution < -0.4 is 10.6 Å². The number of amides is 1. The van der Waals surface area contributed by atoms with Crippen LogP contribution in [0.4, 0.5) is 0 Å². The van der Waals surface area contributed by atoms with E-state index in [-0.39, 0.29) is 11.9 Å². The maximum Gasteiger partial charge on any atom is 0.251 e. The molecule has 38 heavy (non-hydrogen) atoms. The van der Waals surface area contributed by atoms with Gasteiger partial charge in [-0.05, 0) is 92.6 Å². The van der Waals surface area contributed by atoms with Crippen molar-refractivity contribution in [2.45, 2.75) is 58.9 Å². The summed E-state index contributed by atoms with van der Waals surface area (Å²) in [6.45, 7) is 12.2. The van der Waals surface area contributed by atoms with Gasteiger partial charge in [-0.25, -0.2) is 4.98 Å². The fraction of sp³-hybridized carbons (Fsp3) is 0.355. The van der Waals surface area contributed by atoms with Gasteiger partial charge in [-0.2, -0.15) is 0 Å². The number of fused-ring (bicyclic) bond motifs is 3. The third-order valence-corrected chi connectivity index (χ3v) is 7.10. The van der Waals surface area contributed by atoms with Crippen LogP contribution in [0.1, 0.15) is 59.7 Å². The molecule has 4 aromatic rings. The number of hydrogen-bond donors (Lipinski definition) is 3. The van der Waals surface area contributed by atoms with Crippen LogP contribution in [0.5, 0.6) is 0 Å². The molecule has 0 unspecified atom stereocenters. The molecule has 0 saturated carbocycles. The van der Waals surface area contributed by atoms with Gasteiger partial charge in [0, 0.05) is 28.6 Å². The average molecular weight is 515 g/mol. The van der Waals surface area contributed by atoms with Gasteiger partial charge in [0.25, 0.3) is 5.91 Å². The molecule has 0 radical (unpaired) electrons. The molecule has 0 bridgehead atoms. The summed E-state index contributed by atoms with van der Waals surface area (Å²) in [5.41, 5.74) is 8.28. The minimum Gasteiger partial charge on any atom is -0.349 e. The van der Waals surface area contributed by atoms with E-state index < -0.39 is 0 Å². The average Bonchev–Trinajstić information content (AvgIpc) is 3.34. The van der Waals surface area contributed by atoms with Gasteiger partial charge in [0.2, 0.25) is 0 Å². The van der Waals surface area contributed by atoms with Crippen molar-refractivity contribution in [1.29, 1.82) is 0 Å². The molecular weight excluding hydrogens is 476 g/mol. The molecule has 5 rings (SSSR count). The summed E-state index contributed by atoms with van der Waals surface area (Å²) in [5, 5.41) is 8.92. The van der Waals surface area contributed by atoms with Gasteiger partial charge in [0.1, 0.15) is 19.2 Å².